The van der Waals surface area contributed by atoms with Gasteiger partial charge in [0.2, 0.25) is 0 Å². The van der Waals surface area contributed by atoms with E-state index in [0.717, 1.165) is 19.3 Å². The van der Waals surface area contributed by atoms with Crippen LogP contribution in [0.5, 0.6) is 0 Å². The Bertz CT molecular complexity index is 311. The van der Waals surface area contributed by atoms with Crippen molar-refractivity contribution in [2.75, 3.05) is 6.61 Å². The van der Waals surface area contributed by atoms with Crippen LogP contribution in [0.3, 0.4) is 0 Å². The number of hydrogen-bond acceptors (Lipinski definition) is 2. The smallest absolute Gasteiger partial charge is 0.0477 e. The van der Waals surface area contributed by atoms with Crippen molar-refractivity contribution in [1.82, 2.24) is 0 Å². The molecule has 0 heterocycles. The van der Waals surface area contributed by atoms with Crippen LogP contribution in [0.2, 0.25) is 0 Å². The van der Waals surface area contributed by atoms with Crippen LogP contribution in [-0.2, 0) is 6.42 Å². The molecule has 0 aliphatic heterocycles. The van der Waals surface area contributed by atoms with Gasteiger partial charge in [-0.25, -0.2) is 0 Å². The second-order valence-corrected chi connectivity index (χ2v) is 4.06. The van der Waals surface area contributed by atoms with Crippen LogP contribution in [0.25, 0.3) is 0 Å². The molecule has 0 saturated heterocycles. The summed E-state index contributed by atoms with van der Waals surface area (Å²) in [5.74, 6) is 0.235. The van der Waals surface area contributed by atoms with Crippen LogP contribution in [0, 0.1) is 5.92 Å². The molecule has 1 aliphatic rings. The van der Waals surface area contributed by atoms with E-state index in [1.165, 1.54) is 11.1 Å². The minimum atomic E-state index is 0.0127. The lowest BCUT2D eigenvalue weighted by Gasteiger charge is -2.20. The van der Waals surface area contributed by atoms with Gasteiger partial charge in [-0.3, -0.25) is 0 Å². The lowest BCUT2D eigenvalue weighted by atomic mass is 9.92. The number of aryl methyl sites for hydroxylation is 1. The summed E-state index contributed by atoms with van der Waals surface area (Å²) in [5, 5.41) is 9.23. The molecule has 0 aromatic heterocycles. The van der Waals surface area contributed by atoms with Gasteiger partial charge in [-0.1, -0.05) is 24.3 Å². The Morgan fingerprint density at radius 3 is 2.93 bits per heavy atom. The number of rotatable bonds is 1. The first-order valence-corrected chi connectivity index (χ1v) is 5.27. The fourth-order valence-corrected chi connectivity index (χ4v) is 2.28. The van der Waals surface area contributed by atoms with Crippen molar-refractivity contribution >= 4 is 0 Å². The van der Waals surface area contributed by atoms with Crippen LogP contribution in [-0.4, -0.2) is 11.7 Å². The molecule has 2 heteroatoms. The number of benzene rings is 1. The second kappa shape index (κ2) is 4.11. The predicted octanol–water partition coefficient (Wildman–Crippen LogP) is 1.63. The second-order valence-electron chi connectivity index (χ2n) is 4.06. The summed E-state index contributed by atoms with van der Waals surface area (Å²) in [5.41, 5.74) is 8.72. The average Bonchev–Trinajstić information content (AvgIpc) is 2.39. The van der Waals surface area contributed by atoms with Crippen molar-refractivity contribution in [3.63, 3.8) is 0 Å². The summed E-state index contributed by atoms with van der Waals surface area (Å²) in [6.07, 6.45) is 3.27. The highest BCUT2D eigenvalue weighted by atomic mass is 16.3. The quantitative estimate of drug-likeness (QED) is 0.663. The summed E-state index contributed by atoms with van der Waals surface area (Å²) >= 11 is 0. The fourth-order valence-electron chi connectivity index (χ4n) is 2.28. The van der Waals surface area contributed by atoms with Crippen LogP contribution < -0.4 is 5.73 Å². The van der Waals surface area contributed by atoms with Crippen molar-refractivity contribution in [3.05, 3.63) is 35.4 Å². The summed E-state index contributed by atoms with van der Waals surface area (Å²) in [6, 6.07) is 8.34. The molecule has 2 rings (SSSR count). The molecule has 3 N–H and O–H groups in total. The van der Waals surface area contributed by atoms with Crippen molar-refractivity contribution in [1.29, 1.82) is 0 Å². The van der Waals surface area contributed by atoms with Crippen LogP contribution >= 0.6 is 0 Å². The van der Waals surface area contributed by atoms with Gasteiger partial charge >= 0.3 is 0 Å². The summed E-state index contributed by atoms with van der Waals surface area (Å²) in [4.78, 5) is 0. The van der Waals surface area contributed by atoms with Gasteiger partial charge in [-0.2, -0.15) is 0 Å². The molecule has 0 spiro atoms. The largest absolute Gasteiger partial charge is 0.396 e. The van der Waals surface area contributed by atoms with E-state index in [2.05, 4.69) is 18.2 Å². The minimum Gasteiger partial charge on any atom is -0.396 e. The van der Waals surface area contributed by atoms with E-state index in [9.17, 15) is 5.11 Å². The van der Waals surface area contributed by atoms with Gasteiger partial charge in [0.1, 0.15) is 0 Å². The fraction of sp³-hybridized carbons (Fsp3) is 0.500. The number of aliphatic hydroxyl groups is 1. The first-order valence-electron chi connectivity index (χ1n) is 5.27. The summed E-state index contributed by atoms with van der Waals surface area (Å²) < 4.78 is 0. The highest BCUT2D eigenvalue weighted by molar-refractivity contribution is 5.31. The number of nitrogens with two attached hydrogens (primary N) is 1. The minimum absolute atomic E-state index is 0.0127. The van der Waals surface area contributed by atoms with E-state index >= 15 is 0 Å². The molecule has 0 bridgehead atoms. The Hall–Kier alpha value is -0.860. The van der Waals surface area contributed by atoms with E-state index in [-0.39, 0.29) is 18.6 Å². The number of hydrogen-bond donors (Lipinski definition) is 2. The van der Waals surface area contributed by atoms with Gasteiger partial charge in [0.15, 0.2) is 0 Å². The maximum atomic E-state index is 9.23. The van der Waals surface area contributed by atoms with Crippen molar-refractivity contribution < 1.29 is 5.11 Å². The highest BCUT2D eigenvalue weighted by Gasteiger charge is 2.23. The van der Waals surface area contributed by atoms with Gasteiger partial charge in [0, 0.05) is 18.6 Å². The zero-order valence-electron chi connectivity index (χ0n) is 8.32. The lowest BCUT2D eigenvalue weighted by Crippen LogP contribution is -2.23. The molecule has 0 radical (unpaired) electrons. The molecular formula is C12H17NO. The average molecular weight is 191 g/mol. The first kappa shape index (κ1) is 9.69. The molecule has 14 heavy (non-hydrogen) atoms. The molecule has 0 saturated carbocycles. The van der Waals surface area contributed by atoms with E-state index in [1.54, 1.807) is 0 Å². The van der Waals surface area contributed by atoms with Crippen molar-refractivity contribution in [3.8, 4) is 0 Å². The van der Waals surface area contributed by atoms with Gasteiger partial charge < -0.3 is 10.8 Å². The first-order chi connectivity index (χ1) is 6.83. The lowest BCUT2D eigenvalue weighted by molar-refractivity contribution is 0.197. The molecule has 76 valence electrons. The van der Waals surface area contributed by atoms with Crippen molar-refractivity contribution in [2.45, 2.75) is 25.3 Å². The Morgan fingerprint density at radius 2 is 2.14 bits per heavy atom. The zero-order valence-corrected chi connectivity index (χ0v) is 8.32. The molecule has 1 aromatic rings. The van der Waals surface area contributed by atoms with Gasteiger partial charge in [0.05, 0.1) is 0 Å². The Kier molecular flexibility index (Phi) is 2.85. The van der Waals surface area contributed by atoms with Gasteiger partial charge in [0.25, 0.3) is 0 Å². The Morgan fingerprint density at radius 1 is 1.36 bits per heavy atom. The predicted molar refractivity (Wildman–Crippen MR) is 56.9 cm³/mol. The topological polar surface area (TPSA) is 46.2 Å². The Balaban J connectivity index is 2.34. The van der Waals surface area contributed by atoms with Crippen molar-refractivity contribution in [2.24, 2.45) is 11.7 Å². The zero-order chi connectivity index (χ0) is 9.97. The third-order valence-corrected chi connectivity index (χ3v) is 3.18. The maximum Gasteiger partial charge on any atom is 0.0477 e. The standard InChI is InChI=1S/C12H17NO/c13-12-10(8-14)6-3-5-9-4-1-2-7-11(9)12/h1-2,4,7,10,12,14H,3,5-6,8,13H2. The Labute approximate surface area is 84.7 Å². The van der Waals surface area contributed by atoms with E-state index in [1.807, 2.05) is 6.07 Å². The number of aliphatic hydroxyl groups excluding tert-OH is 1. The molecule has 1 aromatic carbocycles. The third-order valence-electron chi connectivity index (χ3n) is 3.18. The SMILES string of the molecule is NC1c2ccccc2CCCC1CO. The molecule has 0 amide bonds. The monoisotopic (exact) mass is 191 g/mol. The molecule has 0 fully saturated rings. The van der Waals surface area contributed by atoms with Gasteiger partial charge in [-0.05, 0) is 30.4 Å². The van der Waals surface area contributed by atoms with Crippen LogP contribution in [0.15, 0.2) is 24.3 Å². The molecular weight excluding hydrogens is 174 g/mol. The molecule has 2 nitrogen and oxygen atoms in total. The summed E-state index contributed by atoms with van der Waals surface area (Å²) in [6.45, 7) is 0.204. The molecule has 1 aliphatic carbocycles. The number of fused-ring (bicyclic) bond motifs is 1. The highest BCUT2D eigenvalue weighted by Crippen LogP contribution is 2.30. The molecule has 2 unspecified atom stereocenters. The molecule has 2 atom stereocenters. The normalized spacial score (nSPS) is 26.7. The van der Waals surface area contributed by atoms with Gasteiger partial charge in [-0.15, -0.1) is 0 Å². The van der Waals surface area contributed by atoms with Crippen LogP contribution in [0.1, 0.15) is 30.0 Å². The maximum absolute atomic E-state index is 9.23. The summed E-state index contributed by atoms with van der Waals surface area (Å²) in [7, 11) is 0. The van der Waals surface area contributed by atoms with E-state index in [0.29, 0.717) is 0 Å². The van der Waals surface area contributed by atoms with E-state index in [4.69, 9.17) is 5.73 Å². The third kappa shape index (κ3) is 1.68. The van der Waals surface area contributed by atoms with E-state index < -0.39 is 0 Å². The van der Waals surface area contributed by atoms with Crippen LogP contribution in [0.4, 0.5) is 0 Å².